The molecule has 2 heterocycles. The fraction of sp³-hybridized carbons (Fsp3) is 0.643. The maximum absolute atomic E-state index is 12.0. The van der Waals surface area contributed by atoms with Crippen molar-refractivity contribution in [2.45, 2.75) is 38.8 Å². The van der Waals surface area contributed by atoms with E-state index in [0.717, 1.165) is 12.2 Å². The smallest absolute Gasteiger partial charge is 0.410 e. The number of carbonyl (C=O) groups is 1. The molecule has 2 rings (SSSR count). The van der Waals surface area contributed by atoms with E-state index < -0.39 is 5.60 Å². The van der Waals surface area contributed by atoms with Gasteiger partial charge in [-0.1, -0.05) is 0 Å². The van der Waals surface area contributed by atoms with Crippen molar-refractivity contribution in [3.63, 3.8) is 0 Å². The highest BCUT2D eigenvalue weighted by Crippen LogP contribution is 2.20. The number of carbonyl (C=O) groups excluding carboxylic acids is 1. The molecule has 1 saturated heterocycles. The van der Waals surface area contributed by atoms with Crippen LogP contribution in [-0.4, -0.2) is 52.7 Å². The largest absolute Gasteiger partial charge is 0.444 e. The molecule has 0 spiro atoms. The van der Waals surface area contributed by atoms with Crippen LogP contribution in [0.3, 0.4) is 0 Å². The first-order valence-corrected chi connectivity index (χ1v) is 6.83. The van der Waals surface area contributed by atoms with E-state index >= 15 is 0 Å². The lowest BCUT2D eigenvalue weighted by Crippen LogP contribution is -2.39. The van der Waals surface area contributed by atoms with Crippen LogP contribution in [-0.2, 0) is 4.74 Å². The maximum atomic E-state index is 12.0. The van der Waals surface area contributed by atoms with Gasteiger partial charge in [0, 0.05) is 38.6 Å². The molecule has 6 nitrogen and oxygen atoms in total. The number of aromatic nitrogens is 2. The minimum Gasteiger partial charge on any atom is -0.444 e. The van der Waals surface area contributed by atoms with Gasteiger partial charge in [-0.15, -0.1) is 0 Å². The number of hydrogen-bond acceptors (Lipinski definition) is 5. The van der Waals surface area contributed by atoms with E-state index in [4.69, 9.17) is 4.74 Å². The van der Waals surface area contributed by atoms with Crippen molar-refractivity contribution in [1.82, 2.24) is 14.9 Å². The predicted molar refractivity (Wildman–Crippen MR) is 76.6 cm³/mol. The monoisotopic (exact) mass is 278 g/mol. The van der Waals surface area contributed by atoms with E-state index in [1.807, 2.05) is 27.8 Å². The first-order valence-electron chi connectivity index (χ1n) is 6.83. The van der Waals surface area contributed by atoms with Gasteiger partial charge in [-0.05, 0) is 27.2 Å². The van der Waals surface area contributed by atoms with Gasteiger partial charge in [0.15, 0.2) is 0 Å². The fourth-order valence-corrected chi connectivity index (χ4v) is 2.21. The Morgan fingerprint density at radius 1 is 1.45 bits per heavy atom. The van der Waals surface area contributed by atoms with Crippen LogP contribution in [0, 0.1) is 0 Å². The van der Waals surface area contributed by atoms with Gasteiger partial charge < -0.3 is 14.5 Å². The highest BCUT2D eigenvalue weighted by molar-refractivity contribution is 5.68. The van der Waals surface area contributed by atoms with Crippen LogP contribution in [0.5, 0.6) is 0 Å². The van der Waals surface area contributed by atoms with Crippen molar-refractivity contribution >= 4 is 11.9 Å². The van der Waals surface area contributed by atoms with Gasteiger partial charge in [0.25, 0.3) is 0 Å². The molecule has 0 aliphatic carbocycles. The normalized spacial score (nSPS) is 19.0. The summed E-state index contributed by atoms with van der Waals surface area (Å²) in [4.78, 5) is 24.2. The summed E-state index contributed by atoms with van der Waals surface area (Å²) in [5.74, 6) is 0.823. The molecule has 0 radical (unpaired) electrons. The molecule has 0 N–H and O–H groups in total. The Morgan fingerprint density at radius 2 is 2.20 bits per heavy atom. The third-order valence-corrected chi connectivity index (χ3v) is 3.27. The maximum Gasteiger partial charge on any atom is 0.410 e. The first kappa shape index (κ1) is 14.6. The zero-order chi connectivity index (χ0) is 14.8. The molecule has 1 atom stereocenters. The van der Waals surface area contributed by atoms with Crippen LogP contribution in [0.1, 0.15) is 27.2 Å². The van der Waals surface area contributed by atoms with E-state index in [9.17, 15) is 4.79 Å². The number of likely N-dealkylation sites (N-methyl/N-ethyl adjacent to an activating group) is 1. The van der Waals surface area contributed by atoms with Crippen LogP contribution in [0.25, 0.3) is 0 Å². The Hall–Kier alpha value is -1.85. The first-order chi connectivity index (χ1) is 9.37. The summed E-state index contributed by atoms with van der Waals surface area (Å²) in [6.07, 6.45) is 5.72. The van der Waals surface area contributed by atoms with E-state index in [1.165, 1.54) is 0 Å². The second-order valence-corrected chi connectivity index (χ2v) is 6.04. The molecular weight excluding hydrogens is 256 g/mol. The standard InChI is InChI=1S/C14H22N4O2/c1-14(2,3)20-13(19)18-8-5-11(10-18)17(4)12-9-15-6-7-16-12/h6-7,9,11H,5,8,10H2,1-4H3. The summed E-state index contributed by atoms with van der Waals surface area (Å²) < 4.78 is 5.40. The Morgan fingerprint density at radius 3 is 2.80 bits per heavy atom. The SMILES string of the molecule is CN(c1cnccn1)C1CCN(C(=O)OC(C)(C)C)C1. The number of anilines is 1. The lowest BCUT2D eigenvalue weighted by atomic mass is 10.2. The molecule has 1 aromatic rings. The molecule has 1 unspecified atom stereocenters. The molecule has 110 valence electrons. The van der Waals surface area contributed by atoms with Crippen molar-refractivity contribution in [1.29, 1.82) is 0 Å². The molecule has 0 saturated carbocycles. The summed E-state index contributed by atoms with van der Waals surface area (Å²) in [6, 6.07) is 0.249. The number of nitrogens with zero attached hydrogens (tertiary/aromatic N) is 4. The lowest BCUT2D eigenvalue weighted by Gasteiger charge is -2.27. The Kier molecular flexibility index (Phi) is 4.11. The van der Waals surface area contributed by atoms with Gasteiger partial charge in [-0.2, -0.15) is 0 Å². The lowest BCUT2D eigenvalue weighted by molar-refractivity contribution is 0.0292. The van der Waals surface area contributed by atoms with Crippen molar-refractivity contribution in [3.05, 3.63) is 18.6 Å². The van der Waals surface area contributed by atoms with Crippen molar-refractivity contribution in [2.75, 3.05) is 25.0 Å². The van der Waals surface area contributed by atoms with Gasteiger partial charge in [0.2, 0.25) is 0 Å². The van der Waals surface area contributed by atoms with E-state index in [2.05, 4.69) is 14.9 Å². The minimum atomic E-state index is -0.452. The summed E-state index contributed by atoms with van der Waals surface area (Å²) in [6.45, 7) is 7.00. The van der Waals surface area contributed by atoms with Crippen LogP contribution in [0.15, 0.2) is 18.6 Å². The van der Waals surface area contributed by atoms with Gasteiger partial charge >= 0.3 is 6.09 Å². The van der Waals surface area contributed by atoms with Crippen molar-refractivity contribution in [2.24, 2.45) is 0 Å². The minimum absolute atomic E-state index is 0.243. The van der Waals surface area contributed by atoms with Crippen LogP contribution >= 0.6 is 0 Å². The highest BCUT2D eigenvalue weighted by atomic mass is 16.6. The molecule has 1 aliphatic rings. The second kappa shape index (κ2) is 5.64. The third-order valence-electron chi connectivity index (χ3n) is 3.27. The van der Waals surface area contributed by atoms with Gasteiger partial charge in [0.1, 0.15) is 11.4 Å². The summed E-state index contributed by atoms with van der Waals surface area (Å²) >= 11 is 0. The van der Waals surface area contributed by atoms with Crippen LogP contribution < -0.4 is 4.90 Å². The highest BCUT2D eigenvalue weighted by Gasteiger charge is 2.32. The molecule has 0 aromatic carbocycles. The summed E-state index contributed by atoms with van der Waals surface area (Å²) in [5.41, 5.74) is -0.452. The zero-order valence-corrected chi connectivity index (χ0v) is 12.5. The number of rotatable bonds is 2. The van der Waals surface area contributed by atoms with E-state index in [-0.39, 0.29) is 12.1 Å². The predicted octanol–water partition coefficient (Wildman–Crippen LogP) is 1.92. The number of likely N-dealkylation sites (tertiary alicyclic amines) is 1. The molecular formula is C14H22N4O2. The molecule has 1 aromatic heterocycles. The molecule has 20 heavy (non-hydrogen) atoms. The van der Waals surface area contributed by atoms with E-state index in [1.54, 1.807) is 23.5 Å². The summed E-state index contributed by atoms with van der Waals surface area (Å²) in [7, 11) is 1.98. The molecule has 1 fully saturated rings. The number of amides is 1. The van der Waals surface area contributed by atoms with E-state index in [0.29, 0.717) is 13.1 Å². The average Bonchev–Trinajstić information content (AvgIpc) is 2.86. The van der Waals surface area contributed by atoms with Crippen LogP contribution in [0.4, 0.5) is 10.6 Å². The Labute approximate surface area is 119 Å². The molecule has 1 aliphatic heterocycles. The molecule has 6 heteroatoms. The topological polar surface area (TPSA) is 58.6 Å². The van der Waals surface area contributed by atoms with Crippen molar-refractivity contribution < 1.29 is 9.53 Å². The average molecular weight is 278 g/mol. The Balaban J connectivity index is 1.94. The van der Waals surface area contributed by atoms with Gasteiger partial charge in [-0.3, -0.25) is 4.98 Å². The third kappa shape index (κ3) is 3.59. The van der Waals surface area contributed by atoms with Crippen molar-refractivity contribution in [3.8, 4) is 0 Å². The summed E-state index contributed by atoms with van der Waals surface area (Å²) in [5, 5.41) is 0. The quantitative estimate of drug-likeness (QED) is 0.827. The Bertz CT molecular complexity index is 458. The second-order valence-electron chi connectivity index (χ2n) is 6.04. The molecule has 1 amide bonds. The van der Waals surface area contributed by atoms with Gasteiger partial charge in [-0.25, -0.2) is 9.78 Å². The van der Waals surface area contributed by atoms with Crippen LogP contribution in [0.2, 0.25) is 0 Å². The zero-order valence-electron chi connectivity index (χ0n) is 12.5. The van der Waals surface area contributed by atoms with Gasteiger partial charge in [0.05, 0.1) is 6.20 Å². The molecule has 0 bridgehead atoms. The fourth-order valence-electron chi connectivity index (χ4n) is 2.21. The number of hydrogen-bond donors (Lipinski definition) is 0. The number of ether oxygens (including phenoxy) is 1.